The molecule has 0 bridgehead atoms. The van der Waals surface area contributed by atoms with Gasteiger partial charge in [0.15, 0.2) is 0 Å². The number of aliphatic carboxylic acids is 4. The van der Waals surface area contributed by atoms with Crippen molar-refractivity contribution in [1.82, 2.24) is 16.0 Å². The van der Waals surface area contributed by atoms with Crippen molar-refractivity contribution in [3.05, 3.63) is 35.9 Å². The molecular formula is C22H28N4O11. The molecule has 0 aliphatic carbocycles. The van der Waals surface area contributed by atoms with Crippen molar-refractivity contribution < 1.29 is 54.0 Å². The Morgan fingerprint density at radius 1 is 0.676 bits per heavy atom. The van der Waals surface area contributed by atoms with Gasteiger partial charge in [-0.05, 0) is 12.0 Å². The second kappa shape index (κ2) is 14.8. The highest BCUT2D eigenvalue weighted by Gasteiger charge is 2.31. The summed E-state index contributed by atoms with van der Waals surface area (Å²) in [5.41, 5.74) is 6.02. The molecule has 0 aromatic heterocycles. The number of rotatable bonds is 16. The van der Waals surface area contributed by atoms with E-state index in [0.717, 1.165) is 0 Å². The third-order valence-electron chi connectivity index (χ3n) is 4.92. The number of nitrogens with one attached hydrogen (secondary N) is 3. The lowest BCUT2D eigenvalue weighted by Crippen LogP contribution is -2.58. The van der Waals surface area contributed by atoms with Gasteiger partial charge < -0.3 is 42.1 Å². The number of carboxylic acid groups (broad SMARTS) is 4. The van der Waals surface area contributed by atoms with Gasteiger partial charge in [0.2, 0.25) is 17.7 Å². The summed E-state index contributed by atoms with van der Waals surface area (Å²) in [5, 5.41) is 42.4. The van der Waals surface area contributed by atoms with E-state index in [-0.39, 0.29) is 6.42 Å². The Bertz CT molecular complexity index is 1020. The van der Waals surface area contributed by atoms with Crippen molar-refractivity contribution in [3.63, 3.8) is 0 Å². The molecule has 4 unspecified atom stereocenters. The van der Waals surface area contributed by atoms with Crippen LogP contribution < -0.4 is 21.7 Å². The van der Waals surface area contributed by atoms with E-state index in [4.69, 9.17) is 21.1 Å². The lowest BCUT2D eigenvalue weighted by molar-refractivity contribution is -0.147. The zero-order valence-electron chi connectivity index (χ0n) is 19.5. The number of carbonyl (C=O) groups excluding carboxylic acids is 3. The molecule has 1 aromatic rings. The summed E-state index contributed by atoms with van der Waals surface area (Å²) in [4.78, 5) is 82.2. The van der Waals surface area contributed by atoms with E-state index >= 15 is 0 Å². The Morgan fingerprint density at radius 2 is 1.19 bits per heavy atom. The van der Waals surface area contributed by atoms with Crippen LogP contribution in [-0.4, -0.2) is 86.2 Å². The molecule has 0 saturated carbocycles. The predicted molar refractivity (Wildman–Crippen MR) is 123 cm³/mol. The summed E-state index contributed by atoms with van der Waals surface area (Å²) in [6, 6.07) is 1.81. The smallest absolute Gasteiger partial charge is 0.326 e. The van der Waals surface area contributed by atoms with Gasteiger partial charge >= 0.3 is 23.9 Å². The lowest BCUT2D eigenvalue weighted by Gasteiger charge is -2.25. The summed E-state index contributed by atoms with van der Waals surface area (Å²) in [5.74, 6) is -8.94. The predicted octanol–water partition coefficient (Wildman–Crippen LogP) is -2.09. The van der Waals surface area contributed by atoms with Gasteiger partial charge in [-0.2, -0.15) is 0 Å². The molecule has 0 heterocycles. The molecule has 1 rings (SSSR count). The highest BCUT2D eigenvalue weighted by atomic mass is 16.4. The first-order valence-corrected chi connectivity index (χ1v) is 10.9. The molecule has 0 saturated heterocycles. The van der Waals surface area contributed by atoms with Crippen LogP contribution in [0.4, 0.5) is 0 Å². The van der Waals surface area contributed by atoms with Crippen LogP contribution >= 0.6 is 0 Å². The van der Waals surface area contributed by atoms with E-state index in [1.165, 1.54) is 0 Å². The Balaban J connectivity index is 3.16. The molecule has 1 aromatic carbocycles. The van der Waals surface area contributed by atoms with Crippen molar-refractivity contribution >= 4 is 41.6 Å². The first kappa shape index (κ1) is 30.5. The monoisotopic (exact) mass is 524 g/mol. The lowest BCUT2D eigenvalue weighted by atomic mass is 10.0. The zero-order valence-corrected chi connectivity index (χ0v) is 19.5. The molecule has 0 spiro atoms. The first-order chi connectivity index (χ1) is 17.3. The van der Waals surface area contributed by atoms with E-state index in [0.29, 0.717) is 5.56 Å². The molecule has 37 heavy (non-hydrogen) atoms. The fourth-order valence-corrected chi connectivity index (χ4v) is 3.07. The molecule has 0 aliphatic rings. The van der Waals surface area contributed by atoms with Crippen LogP contribution in [0, 0.1) is 0 Å². The molecule has 202 valence electrons. The van der Waals surface area contributed by atoms with Crippen LogP contribution in [0.25, 0.3) is 0 Å². The van der Waals surface area contributed by atoms with E-state index in [9.17, 15) is 38.7 Å². The minimum absolute atomic E-state index is 0.171. The van der Waals surface area contributed by atoms with Crippen LogP contribution in [0.5, 0.6) is 0 Å². The van der Waals surface area contributed by atoms with Crippen LogP contribution in [0.2, 0.25) is 0 Å². The summed E-state index contributed by atoms with van der Waals surface area (Å²) < 4.78 is 0. The summed E-state index contributed by atoms with van der Waals surface area (Å²) in [6.07, 6.45) is -2.90. The van der Waals surface area contributed by atoms with Gasteiger partial charge in [0, 0.05) is 12.8 Å². The number of hydrogen-bond acceptors (Lipinski definition) is 8. The Labute approximate surface area is 210 Å². The molecular weight excluding hydrogens is 496 g/mol. The minimum atomic E-state index is -1.81. The van der Waals surface area contributed by atoms with Crippen LogP contribution in [0.1, 0.15) is 31.2 Å². The molecule has 15 nitrogen and oxygen atoms in total. The van der Waals surface area contributed by atoms with E-state index in [1.54, 1.807) is 30.3 Å². The second-order valence-electron chi connectivity index (χ2n) is 7.95. The molecule has 0 fully saturated rings. The van der Waals surface area contributed by atoms with E-state index in [1.807, 2.05) is 5.32 Å². The fraction of sp³-hybridized carbons (Fsp3) is 0.409. The second-order valence-corrected chi connectivity index (χ2v) is 7.95. The maximum absolute atomic E-state index is 13.0. The van der Waals surface area contributed by atoms with Gasteiger partial charge in [0.25, 0.3) is 0 Å². The van der Waals surface area contributed by atoms with Crippen LogP contribution in [0.3, 0.4) is 0 Å². The van der Waals surface area contributed by atoms with Crippen molar-refractivity contribution in [2.45, 2.75) is 56.3 Å². The third-order valence-corrected chi connectivity index (χ3v) is 4.92. The van der Waals surface area contributed by atoms with Crippen molar-refractivity contribution in [2.24, 2.45) is 5.73 Å². The standard InChI is InChI=1S/C22H28N4O11/c23-12(9-17(29)30)19(33)24-13(6-7-16(27)28)20(34)25-14(8-11-4-2-1-3-5-11)21(35)26-15(22(36)37)10-18(31)32/h1-5,12-15H,6-10,23H2,(H,24,33)(H,25,34)(H,26,35)(H,27,28)(H,29,30)(H,31,32)(H,36,37). The maximum atomic E-state index is 13.0. The fourth-order valence-electron chi connectivity index (χ4n) is 3.07. The number of nitrogens with two attached hydrogens (primary N) is 1. The van der Waals surface area contributed by atoms with Crippen LogP contribution in [0.15, 0.2) is 30.3 Å². The first-order valence-electron chi connectivity index (χ1n) is 10.9. The Kier molecular flexibility index (Phi) is 12.2. The number of carboxylic acids is 4. The molecule has 3 amide bonds. The SMILES string of the molecule is NC(CC(=O)O)C(=O)NC(CCC(=O)O)C(=O)NC(Cc1ccccc1)C(=O)NC(CC(=O)O)C(=O)O. The molecule has 4 atom stereocenters. The Hall–Kier alpha value is -4.53. The van der Waals surface area contributed by atoms with Crippen LogP contribution in [-0.2, 0) is 40.0 Å². The minimum Gasteiger partial charge on any atom is -0.481 e. The zero-order chi connectivity index (χ0) is 28.1. The van der Waals surface area contributed by atoms with Gasteiger partial charge in [-0.25, -0.2) is 4.79 Å². The molecule has 9 N–H and O–H groups in total. The van der Waals surface area contributed by atoms with Crippen molar-refractivity contribution in [3.8, 4) is 0 Å². The highest BCUT2D eigenvalue weighted by molar-refractivity contribution is 5.95. The van der Waals surface area contributed by atoms with Crippen molar-refractivity contribution in [1.29, 1.82) is 0 Å². The topological polar surface area (TPSA) is 263 Å². The molecule has 0 radical (unpaired) electrons. The van der Waals surface area contributed by atoms with Gasteiger partial charge in [-0.1, -0.05) is 30.3 Å². The van der Waals surface area contributed by atoms with E-state index in [2.05, 4.69) is 10.6 Å². The summed E-state index contributed by atoms with van der Waals surface area (Å²) >= 11 is 0. The van der Waals surface area contributed by atoms with Gasteiger partial charge in [0.1, 0.15) is 18.1 Å². The molecule has 0 aliphatic heterocycles. The quantitative estimate of drug-likeness (QED) is 0.116. The number of hydrogen-bond donors (Lipinski definition) is 8. The van der Waals surface area contributed by atoms with E-state index < -0.39 is 91.4 Å². The highest BCUT2D eigenvalue weighted by Crippen LogP contribution is 2.07. The summed E-state index contributed by atoms with van der Waals surface area (Å²) in [7, 11) is 0. The molecule has 15 heteroatoms. The summed E-state index contributed by atoms with van der Waals surface area (Å²) in [6.45, 7) is 0. The van der Waals surface area contributed by atoms with Gasteiger partial charge in [-0.3, -0.25) is 28.8 Å². The average molecular weight is 524 g/mol. The average Bonchev–Trinajstić information content (AvgIpc) is 2.80. The third kappa shape index (κ3) is 11.6. The number of amides is 3. The number of carbonyl (C=O) groups is 7. The Morgan fingerprint density at radius 3 is 1.70 bits per heavy atom. The van der Waals surface area contributed by atoms with Gasteiger partial charge in [-0.15, -0.1) is 0 Å². The number of benzene rings is 1. The normalized spacial score (nSPS) is 13.8. The largest absolute Gasteiger partial charge is 0.481 e. The van der Waals surface area contributed by atoms with Crippen molar-refractivity contribution in [2.75, 3.05) is 0 Å². The maximum Gasteiger partial charge on any atom is 0.326 e. The van der Waals surface area contributed by atoms with Gasteiger partial charge in [0.05, 0.1) is 18.9 Å².